The highest BCUT2D eigenvalue weighted by molar-refractivity contribution is 5.94. The van der Waals surface area contributed by atoms with Crippen LogP contribution in [0.4, 0.5) is 17.2 Å². The van der Waals surface area contributed by atoms with Gasteiger partial charge in [-0.15, -0.1) is 0 Å². The average molecular weight is 458 g/mol. The van der Waals surface area contributed by atoms with Gasteiger partial charge in [-0.25, -0.2) is 9.78 Å². The van der Waals surface area contributed by atoms with E-state index >= 15 is 0 Å². The topological polar surface area (TPSA) is 144 Å². The van der Waals surface area contributed by atoms with Crippen molar-refractivity contribution in [3.05, 3.63) is 62.9 Å². The Labute approximate surface area is 192 Å². The fourth-order valence-electron chi connectivity index (χ4n) is 4.19. The van der Waals surface area contributed by atoms with Gasteiger partial charge in [0.2, 0.25) is 11.8 Å². The Hall–Kier alpha value is -4.41. The number of amides is 1. The van der Waals surface area contributed by atoms with Gasteiger partial charge in [0.25, 0.3) is 0 Å². The van der Waals surface area contributed by atoms with Crippen LogP contribution in [0, 0.1) is 0 Å². The summed E-state index contributed by atoms with van der Waals surface area (Å²) >= 11 is 0. The molecular weight excluding hydrogens is 436 g/mol. The normalized spacial score (nSPS) is 16.4. The third kappa shape index (κ3) is 3.60. The molecule has 0 atom stereocenters. The number of anilines is 3. The van der Waals surface area contributed by atoms with E-state index in [1.807, 2.05) is 24.3 Å². The Morgan fingerprint density at radius 2 is 2.15 bits per heavy atom. The lowest BCUT2D eigenvalue weighted by Crippen LogP contribution is -2.25. The molecule has 1 aliphatic heterocycles. The maximum Gasteiger partial charge on any atom is 0.326 e. The van der Waals surface area contributed by atoms with Crippen molar-refractivity contribution in [1.82, 2.24) is 24.6 Å². The van der Waals surface area contributed by atoms with Gasteiger partial charge in [0.1, 0.15) is 11.5 Å². The second-order valence-corrected chi connectivity index (χ2v) is 8.57. The summed E-state index contributed by atoms with van der Waals surface area (Å²) in [6, 6.07) is 8.06. The molecule has 4 aromatic rings. The molecule has 6 rings (SSSR count). The van der Waals surface area contributed by atoms with Gasteiger partial charge in [0.05, 0.1) is 12.2 Å². The molecule has 0 spiro atoms. The standard InChI is InChI=1S/C23H22N8O3/c1-12(32)30-7-6-13-2-3-16(9-18(13)30)25-19-10-20(26-15-4-5-15)31-21(28-19)14(11-24-31)8-17-22(33)29-23(34)27-17/h2-3,8-11,15,25,33H,4-7H2,1H3,(H2,27,29,34)/b14-8-,26-20?. The lowest BCUT2D eigenvalue weighted by molar-refractivity contribution is -0.116. The smallest absolute Gasteiger partial charge is 0.326 e. The SMILES string of the molecule is CC(=O)N1CCc2ccc(Nc3cc(=NC4CC4)n4nc/c(=C/c5[nH]c(=O)[nH]c5O)c4n3)cc21. The maximum absolute atomic E-state index is 12.0. The van der Waals surface area contributed by atoms with Crippen molar-refractivity contribution in [2.45, 2.75) is 32.2 Å². The average Bonchev–Trinajstić information content (AvgIpc) is 3.21. The van der Waals surface area contributed by atoms with Gasteiger partial charge in [-0.1, -0.05) is 6.07 Å². The number of hydrogen-bond donors (Lipinski definition) is 4. The highest BCUT2D eigenvalue weighted by atomic mass is 16.3. The van der Waals surface area contributed by atoms with Gasteiger partial charge in [-0.2, -0.15) is 9.61 Å². The number of benzene rings is 1. The number of carbonyl (C=O) groups excluding carboxylic acids is 1. The first-order valence-electron chi connectivity index (χ1n) is 11.1. The number of carbonyl (C=O) groups is 1. The van der Waals surface area contributed by atoms with Crippen LogP contribution in [0.5, 0.6) is 5.88 Å². The molecule has 2 aliphatic rings. The number of hydrogen-bond acceptors (Lipinski definition) is 7. The molecule has 3 aromatic heterocycles. The number of H-pyrrole nitrogens is 2. The summed E-state index contributed by atoms with van der Waals surface area (Å²) < 4.78 is 1.65. The number of nitrogens with zero attached hydrogens (tertiary/aromatic N) is 5. The predicted octanol–water partition coefficient (Wildman–Crippen LogP) is 0.715. The Morgan fingerprint density at radius 1 is 1.29 bits per heavy atom. The second-order valence-electron chi connectivity index (χ2n) is 8.57. The van der Waals surface area contributed by atoms with E-state index in [1.165, 1.54) is 0 Å². The summed E-state index contributed by atoms with van der Waals surface area (Å²) in [5, 5.41) is 18.3. The third-order valence-electron chi connectivity index (χ3n) is 6.01. The molecule has 1 fully saturated rings. The lowest BCUT2D eigenvalue weighted by Gasteiger charge is -2.16. The fraction of sp³-hybridized carbons (Fsp3) is 0.261. The van der Waals surface area contributed by atoms with Crippen LogP contribution < -0.4 is 26.6 Å². The van der Waals surface area contributed by atoms with Crippen LogP contribution >= 0.6 is 0 Å². The van der Waals surface area contributed by atoms with Crippen molar-refractivity contribution in [2.75, 3.05) is 16.8 Å². The number of imidazole rings is 1. The molecule has 1 aliphatic carbocycles. The van der Waals surface area contributed by atoms with Gasteiger partial charge >= 0.3 is 5.69 Å². The van der Waals surface area contributed by atoms with Crippen molar-refractivity contribution in [1.29, 1.82) is 0 Å². The zero-order valence-electron chi connectivity index (χ0n) is 18.4. The monoisotopic (exact) mass is 458 g/mol. The summed E-state index contributed by atoms with van der Waals surface area (Å²) in [4.78, 5) is 39.6. The summed E-state index contributed by atoms with van der Waals surface area (Å²) in [7, 11) is 0. The number of aromatic hydroxyl groups is 1. The minimum absolute atomic E-state index is 0.0199. The zero-order valence-corrected chi connectivity index (χ0v) is 18.4. The van der Waals surface area contributed by atoms with Crippen molar-refractivity contribution in [3.8, 4) is 5.88 Å². The first kappa shape index (κ1) is 20.2. The first-order chi connectivity index (χ1) is 16.4. The van der Waals surface area contributed by atoms with E-state index in [0.29, 0.717) is 28.7 Å². The van der Waals surface area contributed by atoms with Crippen LogP contribution in [0.25, 0.3) is 11.7 Å². The van der Waals surface area contributed by atoms with Crippen molar-refractivity contribution >= 4 is 34.8 Å². The summed E-state index contributed by atoms with van der Waals surface area (Å²) in [6.45, 7) is 2.26. The van der Waals surface area contributed by atoms with Crippen LogP contribution in [0.2, 0.25) is 0 Å². The molecule has 11 heteroatoms. The van der Waals surface area contributed by atoms with Crippen LogP contribution in [0.3, 0.4) is 0 Å². The van der Waals surface area contributed by atoms with E-state index in [-0.39, 0.29) is 23.5 Å². The minimum atomic E-state index is -0.504. The van der Waals surface area contributed by atoms with Crippen LogP contribution in [0.15, 0.2) is 40.2 Å². The minimum Gasteiger partial charge on any atom is -0.493 e. The third-order valence-corrected chi connectivity index (χ3v) is 6.01. The van der Waals surface area contributed by atoms with Gasteiger partial charge in [0.15, 0.2) is 11.1 Å². The molecule has 172 valence electrons. The largest absolute Gasteiger partial charge is 0.493 e. The molecule has 1 saturated carbocycles. The van der Waals surface area contributed by atoms with Crippen LogP contribution in [-0.2, 0) is 11.2 Å². The van der Waals surface area contributed by atoms with Gasteiger partial charge in [-0.05, 0) is 43.0 Å². The summed E-state index contributed by atoms with van der Waals surface area (Å²) in [5.74, 6) is 0.335. The highest BCUT2D eigenvalue weighted by Gasteiger charge is 2.23. The molecule has 1 aromatic carbocycles. The number of aromatic amines is 2. The predicted molar refractivity (Wildman–Crippen MR) is 125 cm³/mol. The maximum atomic E-state index is 12.0. The molecule has 0 radical (unpaired) electrons. The molecule has 0 saturated heterocycles. The van der Waals surface area contributed by atoms with Crippen LogP contribution in [0.1, 0.15) is 31.0 Å². The van der Waals surface area contributed by atoms with E-state index in [1.54, 1.807) is 28.6 Å². The van der Waals surface area contributed by atoms with Crippen molar-refractivity contribution in [2.24, 2.45) is 4.99 Å². The molecule has 4 N–H and O–H groups in total. The Bertz CT molecular complexity index is 1630. The Morgan fingerprint density at radius 3 is 2.88 bits per heavy atom. The molecule has 11 nitrogen and oxygen atoms in total. The van der Waals surface area contributed by atoms with Gasteiger partial charge in [0, 0.05) is 36.1 Å². The lowest BCUT2D eigenvalue weighted by atomic mass is 10.1. The Balaban J connectivity index is 1.46. The van der Waals surface area contributed by atoms with Crippen molar-refractivity contribution in [3.63, 3.8) is 0 Å². The van der Waals surface area contributed by atoms with E-state index in [2.05, 4.69) is 20.4 Å². The molecule has 0 bridgehead atoms. The van der Waals surface area contributed by atoms with Crippen LogP contribution in [-0.4, -0.2) is 48.2 Å². The van der Waals surface area contributed by atoms with E-state index in [4.69, 9.17) is 9.98 Å². The number of aromatic nitrogens is 5. The summed E-state index contributed by atoms with van der Waals surface area (Å²) in [5.41, 5.74) is 3.78. The number of fused-ring (bicyclic) bond motifs is 2. The fourth-order valence-corrected chi connectivity index (χ4v) is 4.19. The van der Waals surface area contributed by atoms with Gasteiger partial charge in [-0.3, -0.25) is 14.8 Å². The number of rotatable bonds is 4. The molecular formula is C23H22N8O3. The van der Waals surface area contributed by atoms with E-state index in [0.717, 1.165) is 36.2 Å². The second kappa shape index (κ2) is 7.58. The van der Waals surface area contributed by atoms with E-state index in [9.17, 15) is 14.7 Å². The molecule has 34 heavy (non-hydrogen) atoms. The zero-order chi connectivity index (χ0) is 23.4. The van der Waals surface area contributed by atoms with E-state index < -0.39 is 5.69 Å². The van der Waals surface area contributed by atoms with Gasteiger partial charge < -0.3 is 20.3 Å². The molecule has 0 unspecified atom stereocenters. The van der Waals surface area contributed by atoms with Crippen molar-refractivity contribution < 1.29 is 9.90 Å². The Kier molecular flexibility index (Phi) is 4.51. The quantitative estimate of drug-likeness (QED) is 0.355. The summed E-state index contributed by atoms with van der Waals surface area (Å²) in [6.07, 6.45) is 6.14. The highest BCUT2D eigenvalue weighted by Crippen LogP contribution is 2.31. The molecule has 1 amide bonds. The number of nitrogens with one attached hydrogen (secondary N) is 3. The molecule has 4 heterocycles. The first-order valence-corrected chi connectivity index (χ1v) is 11.1.